The van der Waals surface area contributed by atoms with Gasteiger partial charge < -0.3 is 10.6 Å². The molecule has 8 nitrogen and oxygen atoms in total. The normalized spacial score (nSPS) is 17.8. The number of benzene rings is 3. The highest BCUT2D eigenvalue weighted by Gasteiger charge is 2.49. The van der Waals surface area contributed by atoms with Gasteiger partial charge in [-0.3, -0.25) is 14.5 Å². The lowest BCUT2D eigenvalue weighted by molar-refractivity contribution is -0.133. The van der Waals surface area contributed by atoms with Gasteiger partial charge in [0.25, 0.3) is 5.91 Å². The van der Waals surface area contributed by atoms with Gasteiger partial charge in [0.1, 0.15) is 12.1 Å². The first kappa shape index (κ1) is 21.4. The molecule has 1 unspecified atom stereocenters. The molecule has 5 rings (SSSR count). The van der Waals surface area contributed by atoms with E-state index in [9.17, 15) is 14.4 Å². The number of fused-ring (bicyclic) bond motifs is 1. The van der Waals surface area contributed by atoms with E-state index < -0.39 is 29.9 Å². The van der Waals surface area contributed by atoms with Crippen LogP contribution in [0.5, 0.6) is 0 Å². The van der Waals surface area contributed by atoms with Gasteiger partial charge in [-0.25, -0.2) is 9.48 Å². The second kappa shape index (κ2) is 8.15. The maximum absolute atomic E-state index is 13.3. The molecule has 1 aliphatic heterocycles. The Morgan fingerprint density at radius 2 is 1.79 bits per heavy atom. The van der Waals surface area contributed by atoms with E-state index in [4.69, 9.17) is 0 Å². The number of urea groups is 1. The smallest absolute Gasteiger partial charge is 0.324 e. The molecule has 0 aliphatic carbocycles. The molecule has 0 radical (unpaired) electrons. The highest BCUT2D eigenvalue weighted by atomic mass is 16.2. The first-order valence-electron chi connectivity index (χ1n) is 10.9. The summed E-state index contributed by atoms with van der Waals surface area (Å²) in [6.45, 7) is 3.20. The summed E-state index contributed by atoms with van der Waals surface area (Å²) in [5, 5.41) is 11.8. The van der Waals surface area contributed by atoms with Crippen molar-refractivity contribution in [2.24, 2.45) is 0 Å². The third kappa shape index (κ3) is 3.69. The van der Waals surface area contributed by atoms with Crippen LogP contribution in [-0.2, 0) is 15.1 Å². The van der Waals surface area contributed by atoms with Crippen molar-refractivity contribution in [1.29, 1.82) is 0 Å². The van der Waals surface area contributed by atoms with E-state index in [1.165, 1.54) is 0 Å². The Morgan fingerprint density at radius 3 is 2.56 bits per heavy atom. The summed E-state index contributed by atoms with van der Waals surface area (Å²) in [5.74, 6) is -0.940. The highest BCUT2D eigenvalue weighted by molar-refractivity contribution is 6.10. The minimum Gasteiger partial charge on any atom is -0.324 e. The molecule has 1 fully saturated rings. The quantitative estimate of drug-likeness (QED) is 0.450. The SMILES string of the molecule is Cc1ccnn1-c1cccc(NC(=O)CN2C(=O)NC(C)(c3ccc4ccccc4c3)C2=O)c1. The Labute approximate surface area is 196 Å². The molecule has 1 aliphatic rings. The van der Waals surface area contributed by atoms with Crippen molar-refractivity contribution in [3.8, 4) is 5.69 Å². The van der Waals surface area contributed by atoms with E-state index in [-0.39, 0.29) is 0 Å². The molecule has 8 heteroatoms. The molecule has 1 saturated heterocycles. The van der Waals surface area contributed by atoms with Crippen LogP contribution in [0.15, 0.2) is 79.0 Å². The van der Waals surface area contributed by atoms with Crippen molar-refractivity contribution in [2.45, 2.75) is 19.4 Å². The van der Waals surface area contributed by atoms with Crippen LogP contribution in [0.4, 0.5) is 10.5 Å². The monoisotopic (exact) mass is 453 g/mol. The van der Waals surface area contributed by atoms with E-state index in [1.54, 1.807) is 36.0 Å². The number of amides is 4. The highest BCUT2D eigenvalue weighted by Crippen LogP contribution is 2.31. The van der Waals surface area contributed by atoms with E-state index in [0.29, 0.717) is 11.3 Å². The van der Waals surface area contributed by atoms with Crippen LogP contribution in [0, 0.1) is 6.92 Å². The van der Waals surface area contributed by atoms with Gasteiger partial charge in [0, 0.05) is 17.6 Å². The van der Waals surface area contributed by atoms with Crippen molar-refractivity contribution >= 4 is 34.3 Å². The minimum atomic E-state index is -1.25. The number of hydrogen-bond acceptors (Lipinski definition) is 4. The van der Waals surface area contributed by atoms with E-state index in [2.05, 4.69) is 15.7 Å². The number of nitrogens with one attached hydrogen (secondary N) is 2. The number of aromatic nitrogens is 2. The van der Waals surface area contributed by atoms with Crippen molar-refractivity contribution in [3.63, 3.8) is 0 Å². The number of anilines is 1. The Bertz CT molecular complexity index is 1440. The third-order valence-corrected chi connectivity index (χ3v) is 6.11. The standard InChI is InChI=1S/C26H23N5O3/c1-17-12-13-27-31(17)22-9-5-8-21(15-22)28-23(32)16-30-24(33)26(2,29-25(30)34)20-11-10-18-6-3-4-7-19(18)14-20/h3-15H,16H2,1-2H3,(H,28,32)(H,29,34). The summed E-state index contributed by atoms with van der Waals surface area (Å²) in [5.41, 5.74) is 1.70. The van der Waals surface area contributed by atoms with E-state index >= 15 is 0 Å². The zero-order valence-electron chi connectivity index (χ0n) is 18.8. The molecule has 4 aromatic rings. The predicted octanol–water partition coefficient (Wildman–Crippen LogP) is 3.74. The largest absolute Gasteiger partial charge is 0.325 e. The molecular formula is C26H23N5O3. The number of nitrogens with zero attached hydrogens (tertiary/aromatic N) is 3. The number of carbonyl (C=O) groups excluding carboxylic acids is 3. The van der Waals surface area contributed by atoms with Crippen LogP contribution in [0.3, 0.4) is 0 Å². The fourth-order valence-corrected chi connectivity index (χ4v) is 4.24. The van der Waals surface area contributed by atoms with Gasteiger partial charge in [-0.05, 0) is 60.5 Å². The molecule has 0 saturated carbocycles. The lowest BCUT2D eigenvalue weighted by Crippen LogP contribution is -2.42. The molecular weight excluding hydrogens is 430 g/mol. The van der Waals surface area contributed by atoms with Gasteiger partial charge in [-0.1, -0.05) is 42.5 Å². The lowest BCUT2D eigenvalue weighted by Gasteiger charge is -2.22. The number of rotatable bonds is 5. The zero-order chi connectivity index (χ0) is 23.9. The van der Waals surface area contributed by atoms with Crippen LogP contribution >= 0.6 is 0 Å². The minimum absolute atomic E-state index is 0.390. The first-order chi connectivity index (χ1) is 16.3. The maximum atomic E-state index is 13.3. The third-order valence-electron chi connectivity index (χ3n) is 6.11. The number of carbonyl (C=O) groups is 3. The summed E-state index contributed by atoms with van der Waals surface area (Å²) in [6, 6.07) is 21.9. The molecule has 2 N–H and O–H groups in total. The average Bonchev–Trinajstić information content (AvgIpc) is 3.35. The average molecular weight is 454 g/mol. The summed E-state index contributed by atoms with van der Waals surface area (Å²) in [7, 11) is 0. The molecule has 170 valence electrons. The van der Waals surface area contributed by atoms with Gasteiger partial charge in [-0.2, -0.15) is 5.10 Å². The fourth-order valence-electron chi connectivity index (χ4n) is 4.24. The Balaban J connectivity index is 1.33. The van der Waals surface area contributed by atoms with Gasteiger partial charge in [0.2, 0.25) is 5.91 Å². The number of aryl methyl sites for hydroxylation is 1. The zero-order valence-corrected chi connectivity index (χ0v) is 18.8. The molecule has 0 bridgehead atoms. The second-order valence-corrected chi connectivity index (χ2v) is 8.49. The molecule has 3 aromatic carbocycles. The molecule has 4 amide bonds. The van der Waals surface area contributed by atoms with Crippen molar-refractivity contribution < 1.29 is 14.4 Å². The van der Waals surface area contributed by atoms with Gasteiger partial charge in [-0.15, -0.1) is 0 Å². The second-order valence-electron chi connectivity index (χ2n) is 8.49. The number of imide groups is 1. The van der Waals surface area contributed by atoms with Gasteiger partial charge in [0.15, 0.2) is 0 Å². The summed E-state index contributed by atoms with van der Waals surface area (Å²) in [6.07, 6.45) is 1.70. The fraction of sp³-hybridized carbons (Fsp3) is 0.154. The molecule has 1 atom stereocenters. The van der Waals surface area contributed by atoms with Crippen molar-refractivity contribution in [3.05, 3.63) is 90.3 Å². The van der Waals surface area contributed by atoms with Crippen LogP contribution in [0.25, 0.3) is 16.5 Å². The van der Waals surface area contributed by atoms with E-state index in [0.717, 1.165) is 27.1 Å². The Morgan fingerprint density at radius 1 is 1.00 bits per heavy atom. The Kier molecular flexibility index (Phi) is 5.13. The number of hydrogen-bond donors (Lipinski definition) is 2. The predicted molar refractivity (Wildman–Crippen MR) is 128 cm³/mol. The van der Waals surface area contributed by atoms with Gasteiger partial charge >= 0.3 is 6.03 Å². The summed E-state index contributed by atoms with van der Waals surface area (Å²) in [4.78, 5) is 39.6. The lowest BCUT2D eigenvalue weighted by atomic mass is 9.90. The summed E-state index contributed by atoms with van der Waals surface area (Å²) >= 11 is 0. The molecule has 34 heavy (non-hydrogen) atoms. The van der Waals surface area contributed by atoms with Gasteiger partial charge in [0.05, 0.1) is 5.69 Å². The van der Waals surface area contributed by atoms with Crippen molar-refractivity contribution in [2.75, 3.05) is 11.9 Å². The topological polar surface area (TPSA) is 96.3 Å². The van der Waals surface area contributed by atoms with Crippen LogP contribution in [-0.4, -0.2) is 39.1 Å². The summed E-state index contributed by atoms with van der Waals surface area (Å²) < 4.78 is 1.75. The van der Waals surface area contributed by atoms with Crippen LogP contribution in [0.2, 0.25) is 0 Å². The van der Waals surface area contributed by atoms with Crippen LogP contribution < -0.4 is 10.6 Å². The Hall–Kier alpha value is -4.46. The van der Waals surface area contributed by atoms with Crippen molar-refractivity contribution in [1.82, 2.24) is 20.0 Å². The first-order valence-corrected chi connectivity index (χ1v) is 10.9. The van der Waals surface area contributed by atoms with Crippen LogP contribution in [0.1, 0.15) is 18.2 Å². The van der Waals surface area contributed by atoms with E-state index in [1.807, 2.05) is 61.5 Å². The maximum Gasteiger partial charge on any atom is 0.325 e. The molecule has 1 aromatic heterocycles. The molecule has 2 heterocycles. The molecule has 0 spiro atoms.